The van der Waals surface area contributed by atoms with Gasteiger partial charge in [-0.15, -0.1) is 11.8 Å². The third-order valence-corrected chi connectivity index (χ3v) is 4.74. The van der Waals surface area contributed by atoms with Crippen LogP contribution in [0.25, 0.3) is 0 Å². The van der Waals surface area contributed by atoms with E-state index in [4.69, 9.17) is 4.74 Å². The number of nitrogens with zero attached hydrogens (tertiary/aromatic N) is 1. The molecule has 2 aromatic carbocycles. The van der Waals surface area contributed by atoms with Crippen LogP contribution in [0.2, 0.25) is 0 Å². The van der Waals surface area contributed by atoms with Crippen LogP contribution in [0.1, 0.15) is 17.5 Å². The van der Waals surface area contributed by atoms with E-state index in [9.17, 15) is 0 Å². The van der Waals surface area contributed by atoms with E-state index in [0.29, 0.717) is 0 Å². The average molecular weight is 312 g/mol. The van der Waals surface area contributed by atoms with Gasteiger partial charge >= 0.3 is 0 Å². The van der Waals surface area contributed by atoms with Crippen LogP contribution in [0.5, 0.6) is 5.75 Å². The molecule has 0 saturated heterocycles. The monoisotopic (exact) mass is 312 g/mol. The highest BCUT2D eigenvalue weighted by atomic mass is 32.2. The van der Waals surface area contributed by atoms with E-state index in [0.717, 1.165) is 36.8 Å². The van der Waals surface area contributed by atoms with Crippen molar-refractivity contribution in [2.45, 2.75) is 17.1 Å². The number of hydrogen-bond donors (Lipinski definition) is 1. The van der Waals surface area contributed by atoms with Crippen molar-refractivity contribution in [3.8, 4) is 5.75 Å². The number of ether oxygens (including phenoxy) is 1. The second kappa shape index (κ2) is 7.36. The molecule has 0 bridgehead atoms. The summed E-state index contributed by atoms with van der Waals surface area (Å²) < 4.78 is 5.20. The van der Waals surface area contributed by atoms with Gasteiger partial charge in [0.05, 0.1) is 7.11 Å². The van der Waals surface area contributed by atoms with E-state index >= 15 is 0 Å². The molecule has 4 heteroatoms. The number of hydrogen-bond acceptors (Lipinski definition) is 4. The van der Waals surface area contributed by atoms with E-state index in [1.807, 2.05) is 23.9 Å². The van der Waals surface area contributed by atoms with Gasteiger partial charge in [-0.3, -0.25) is 4.99 Å². The largest absolute Gasteiger partial charge is 0.497 e. The van der Waals surface area contributed by atoms with E-state index < -0.39 is 0 Å². The molecule has 0 aromatic heterocycles. The number of aliphatic imine (C=N–C) groups is 1. The Bertz CT molecular complexity index is 652. The fourth-order valence-corrected chi connectivity index (χ4v) is 3.39. The van der Waals surface area contributed by atoms with Gasteiger partial charge in [0.1, 0.15) is 11.6 Å². The molecule has 3 rings (SSSR count). The van der Waals surface area contributed by atoms with Gasteiger partial charge in [0, 0.05) is 29.3 Å². The second-order valence-electron chi connectivity index (χ2n) is 5.14. The van der Waals surface area contributed by atoms with Gasteiger partial charge in [-0.1, -0.05) is 30.3 Å². The maximum absolute atomic E-state index is 5.20. The number of amidine groups is 1. The van der Waals surface area contributed by atoms with E-state index in [2.05, 4.69) is 46.7 Å². The van der Waals surface area contributed by atoms with Crippen molar-refractivity contribution in [3.05, 3.63) is 59.7 Å². The molecule has 1 heterocycles. The van der Waals surface area contributed by atoms with Gasteiger partial charge in [0.25, 0.3) is 0 Å². The summed E-state index contributed by atoms with van der Waals surface area (Å²) in [5, 5.41) is 3.41. The van der Waals surface area contributed by atoms with Crippen LogP contribution in [-0.2, 0) is 5.75 Å². The van der Waals surface area contributed by atoms with Crippen LogP contribution >= 0.6 is 11.8 Å². The van der Waals surface area contributed by atoms with Crippen molar-refractivity contribution in [3.63, 3.8) is 0 Å². The minimum absolute atomic E-state index is 0.898. The SMILES string of the molecule is COc1ccc(CSc2ccccc2C2=NCCCN2)cc1. The molecule has 0 spiro atoms. The molecule has 0 amide bonds. The first-order chi connectivity index (χ1) is 10.9. The highest BCUT2D eigenvalue weighted by Gasteiger charge is 2.11. The van der Waals surface area contributed by atoms with Gasteiger partial charge in [-0.25, -0.2) is 0 Å². The Balaban J connectivity index is 1.73. The lowest BCUT2D eigenvalue weighted by atomic mass is 10.2. The molecule has 2 aromatic rings. The molecule has 0 unspecified atom stereocenters. The lowest BCUT2D eigenvalue weighted by molar-refractivity contribution is 0.414. The van der Waals surface area contributed by atoms with Gasteiger partial charge in [0.2, 0.25) is 0 Å². The first-order valence-electron chi connectivity index (χ1n) is 7.50. The second-order valence-corrected chi connectivity index (χ2v) is 6.16. The Morgan fingerprint density at radius 2 is 1.95 bits per heavy atom. The highest BCUT2D eigenvalue weighted by Crippen LogP contribution is 2.27. The third kappa shape index (κ3) is 3.63. The fraction of sp³-hybridized carbons (Fsp3) is 0.278. The van der Waals surface area contributed by atoms with Crippen molar-refractivity contribution >= 4 is 17.6 Å². The van der Waals surface area contributed by atoms with Gasteiger partial charge in [-0.2, -0.15) is 0 Å². The van der Waals surface area contributed by atoms with E-state index in [1.165, 1.54) is 16.0 Å². The summed E-state index contributed by atoms with van der Waals surface area (Å²) in [4.78, 5) is 5.88. The number of rotatable bonds is 5. The normalized spacial score (nSPS) is 14.1. The molecular weight excluding hydrogens is 292 g/mol. The summed E-state index contributed by atoms with van der Waals surface area (Å²) in [6.07, 6.45) is 1.12. The number of nitrogens with one attached hydrogen (secondary N) is 1. The lowest BCUT2D eigenvalue weighted by Gasteiger charge is -2.17. The number of benzene rings is 2. The zero-order valence-corrected chi connectivity index (χ0v) is 13.5. The van der Waals surface area contributed by atoms with E-state index in [1.54, 1.807) is 7.11 Å². The molecule has 22 heavy (non-hydrogen) atoms. The van der Waals surface area contributed by atoms with Crippen LogP contribution in [-0.4, -0.2) is 26.0 Å². The average Bonchev–Trinajstić information content (AvgIpc) is 2.61. The molecule has 1 N–H and O–H groups in total. The van der Waals surface area contributed by atoms with Crippen LogP contribution < -0.4 is 10.1 Å². The molecular formula is C18H20N2OS. The molecule has 0 fully saturated rings. The van der Waals surface area contributed by atoms with Crippen LogP contribution in [0, 0.1) is 0 Å². The Hall–Kier alpha value is -1.94. The zero-order chi connectivity index (χ0) is 15.2. The zero-order valence-electron chi connectivity index (χ0n) is 12.7. The van der Waals surface area contributed by atoms with Crippen molar-refractivity contribution in [1.29, 1.82) is 0 Å². The molecule has 0 saturated carbocycles. The molecule has 1 aliphatic heterocycles. The smallest absolute Gasteiger partial charge is 0.129 e. The van der Waals surface area contributed by atoms with Crippen molar-refractivity contribution in [2.75, 3.05) is 20.2 Å². The van der Waals surface area contributed by atoms with Crippen molar-refractivity contribution in [2.24, 2.45) is 4.99 Å². The predicted molar refractivity (Wildman–Crippen MR) is 93.0 cm³/mol. The maximum Gasteiger partial charge on any atom is 0.129 e. The molecule has 1 aliphatic rings. The van der Waals surface area contributed by atoms with Crippen LogP contribution in [0.4, 0.5) is 0 Å². The Morgan fingerprint density at radius 3 is 2.68 bits per heavy atom. The summed E-state index contributed by atoms with van der Waals surface area (Å²) >= 11 is 1.85. The predicted octanol–water partition coefficient (Wildman–Crippen LogP) is 3.73. The Kier molecular flexibility index (Phi) is 5.01. The lowest BCUT2D eigenvalue weighted by Crippen LogP contribution is -2.30. The summed E-state index contributed by atoms with van der Waals surface area (Å²) in [6, 6.07) is 16.7. The van der Waals surface area contributed by atoms with Crippen LogP contribution in [0.15, 0.2) is 58.4 Å². The standard InChI is InChI=1S/C18H20N2OS/c1-21-15-9-7-14(8-10-15)13-22-17-6-3-2-5-16(17)18-19-11-4-12-20-18/h2-3,5-10H,4,11-13H2,1H3,(H,19,20). The summed E-state index contributed by atoms with van der Waals surface area (Å²) in [7, 11) is 1.69. The van der Waals surface area contributed by atoms with E-state index in [-0.39, 0.29) is 0 Å². The molecule has 0 radical (unpaired) electrons. The van der Waals surface area contributed by atoms with Gasteiger partial charge in [0.15, 0.2) is 0 Å². The third-order valence-electron chi connectivity index (χ3n) is 3.59. The summed E-state index contributed by atoms with van der Waals surface area (Å²) in [5.74, 6) is 2.87. The van der Waals surface area contributed by atoms with Crippen molar-refractivity contribution < 1.29 is 4.74 Å². The molecule has 0 atom stereocenters. The number of thioether (sulfide) groups is 1. The van der Waals surface area contributed by atoms with Crippen molar-refractivity contribution in [1.82, 2.24) is 5.32 Å². The van der Waals surface area contributed by atoms with Gasteiger partial charge in [-0.05, 0) is 30.2 Å². The maximum atomic E-state index is 5.20. The first-order valence-corrected chi connectivity index (χ1v) is 8.49. The highest BCUT2D eigenvalue weighted by molar-refractivity contribution is 7.98. The Labute approximate surface area is 135 Å². The summed E-state index contributed by atoms with van der Waals surface area (Å²) in [5.41, 5.74) is 2.50. The number of methoxy groups -OCH3 is 1. The quantitative estimate of drug-likeness (QED) is 0.854. The minimum atomic E-state index is 0.898. The molecule has 0 aliphatic carbocycles. The minimum Gasteiger partial charge on any atom is -0.497 e. The van der Waals surface area contributed by atoms with Crippen LogP contribution in [0.3, 0.4) is 0 Å². The molecule has 3 nitrogen and oxygen atoms in total. The Morgan fingerprint density at radius 1 is 1.14 bits per heavy atom. The fourth-order valence-electron chi connectivity index (χ4n) is 2.38. The first kappa shape index (κ1) is 15.0. The topological polar surface area (TPSA) is 33.6 Å². The summed E-state index contributed by atoms with van der Waals surface area (Å²) in [6.45, 7) is 1.93. The molecule has 114 valence electrons. The van der Waals surface area contributed by atoms with Gasteiger partial charge < -0.3 is 10.1 Å².